The fourth-order valence-electron chi connectivity index (χ4n) is 2.33. The Hall–Kier alpha value is -2.43. The molecule has 0 aliphatic rings. The quantitative estimate of drug-likeness (QED) is 0.723. The number of rotatable bonds is 5. The van der Waals surface area contributed by atoms with E-state index in [4.69, 9.17) is 9.40 Å². The molecule has 3 aromatic heterocycles. The molecule has 5 heteroatoms. The molecule has 0 unspecified atom stereocenters. The van der Waals surface area contributed by atoms with Crippen LogP contribution in [0.4, 0.5) is 0 Å². The summed E-state index contributed by atoms with van der Waals surface area (Å²) >= 11 is 0. The van der Waals surface area contributed by atoms with Crippen LogP contribution in [0, 0.1) is 6.92 Å². The van der Waals surface area contributed by atoms with E-state index < -0.39 is 0 Å². The molecule has 0 saturated carbocycles. The van der Waals surface area contributed by atoms with Gasteiger partial charge in [-0.25, -0.2) is 9.67 Å². The zero-order valence-corrected chi connectivity index (χ0v) is 13.2. The van der Waals surface area contributed by atoms with Crippen LogP contribution in [-0.4, -0.2) is 19.7 Å². The summed E-state index contributed by atoms with van der Waals surface area (Å²) in [6, 6.07) is 7.88. The lowest BCUT2D eigenvalue weighted by Crippen LogP contribution is -2.05. The molecule has 3 aromatic rings. The molecule has 0 atom stereocenters. The first-order valence-corrected chi connectivity index (χ1v) is 7.54. The number of hydrogen-bond acceptors (Lipinski definition) is 4. The zero-order valence-electron chi connectivity index (χ0n) is 13.2. The van der Waals surface area contributed by atoms with Crippen molar-refractivity contribution in [3.63, 3.8) is 0 Å². The van der Waals surface area contributed by atoms with Crippen molar-refractivity contribution in [1.82, 2.24) is 19.7 Å². The highest BCUT2D eigenvalue weighted by atomic mass is 16.3. The molecule has 0 amide bonds. The van der Waals surface area contributed by atoms with Gasteiger partial charge in [0, 0.05) is 30.7 Å². The average molecular weight is 296 g/mol. The van der Waals surface area contributed by atoms with E-state index in [9.17, 15) is 0 Å². The van der Waals surface area contributed by atoms with Gasteiger partial charge in [0.2, 0.25) is 0 Å². The molecule has 3 rings (SSSR count). The molecule has 0 aromatic carbocycles. The predicted octanol–water partition coefficient (Wildman–Crippen LogP) is 3.47. The summed E-state index contributed by atoms with van der Waals surface area (Å²) in [5, 5.41) is 4.67. The maximum absolute atomic E-state index is 5.41. The number of furan rings is 1. The van der Waals surface area contributed by atoms with Gasteiger partial charge in [-0.05, 0) is 31.2 Å². The van der Waals surface area contributed by atoms with Gasteiger partial charge >= 0.3 is 0 Å². The summed E-state index contributed by atoms with van der Waals surface area (Å²) in [6.07, 6.45) is 5.10. The molecule has 0 aliphatic heterocycles. The Bertz CT molecular complexity index is 744. The van der Waals surface area contributed by atoms with E-state index in [0.717, 1.165) is 41.6 Å². The SMILES string of the molecule is Cc1cc(-n2nc(C(C)C)nc2CCc2ccco2)ccn1. The molecule has 0 aliphatic carbocycles. The topological polar surface area (TPSA) is 56.7 Å². The lowest BCUT2D eigenvalue weighted by atomic mass is 10.2. The van der Waals surface area contributed by atoms with Crippen LogP contribution < -0.4 is 0 Å². The first-order valence-electron chi connectivity index (χ1n) is 7.54. The van der Waals surface area contributed by atoms with Crippen molar-refractivity contribution in [3.8, 4) is 5.69 Å². The minimum Gasteiger partial charge on any atom is -0.469 e. The molecule has 3 heterocycles. The third kappa shape index (κ3) is 3.08. The Morgan fingerprint density at radius 1 is 1.23 bits per heavy atom. The third-order valence-corrected chi connectivity index (χ3v) is 3.51. The second-order valence-electron chi connectivity index (χ2n) is 5.69. The van der Waals surface area contributed by atoms with Crippen LogP contribution in [0.1, 0.15) is 42.9 Å². The van der Waals surface area contributed by atoms with Crippen molar-refractivity contribution in [3.05, 3.63) is 59.8 Å². The van der Waals surface area contributed by atoms with Gasteiger partial charge < -0.3 is 4.42 Å². The van der Waals surface area contributed by atoms with Crippen LogP contribution in [0.5, 0.6) is 0 Å². The average Bonchev–Trinajstić information content (AvgIpc) is 3.14. The van der Waals surface area contributed by atoms with Gasteiger partial charge in [-0.2, -0.15) is 5.10 Å². The van der Waals surface area contributed by atoms with Crippen LogP contribution in [0.3, 0.4) is 0 Å². The highest BCUT2D eigenvalue weighted by Crippen LogP contribution is 2.17. The fourth-order valence-corrected chi connectivity index (χ4v) is 2.33. The van der Waals surface area contributed by atoms with Gasteiger partial charge in [-0.1, -0.05) is 13.8 Å². The summed E-state index contributed by atoms with van der Waals surface area (Å²) in [4.78, 5) is 8.95. The van der Waals surface area contributed by atoms with E-state index >= 15 is 0 Å². The van der Waals surface area contributed by atoms with Crippen molar-refractivity contribution >= 4 is 0 Å². The van der Waals surface area contributed by atoms with E-state index in [0.29, 0.717) is 5.92 Å². The monoisotopic (exact) mass is 296 g/mol. The Morgan fingerprint density at radius 2 is 2.09 bits per heavy atom. The molecular formula is C17H20N4O. The Morgan fingerprint density at radius 3 is 2.77 bits per heavy atom. The summed E-state index contributed by atoms with van der Waals surface area (Å²) in [5.41, 5.74) is 1.97. The van der Waals surface area contributed by atoms with Gasteiger partial charge in [-0.3, -0.25) is 4.98 Å². The normalized spacial score (nSPS) is 11.3. The van der Waals surface area contributed by atoms with Crippen LogP contribution in [0.2, 0.25) is 0 Å². The van der Waals surface area contributed by atoms with Gasteiger partial charge in [0.05, 0.1) is 12.0 Å². The smallest absolute Gasteiger partial charge is 0.153 e. The van der Waals surface area contributed by atoms with Gasteiger partial charge in [0.25, 0.3) is 0 Å². The maximum Gasteiger partial charge on any atom is 0.153 e. The van der Waals surface area contributed by atoms with E-state index in [1.807, 2.05) is 35.9 Å². The molecule has 0 saturated heterocycles. The fraction of sp³-hybridized carbons (Fsp3) is 0.353. The van der Waals surface area contributed by atoms with Crippen molar-refractivity contribution in [2.24, 2.45) is 0 Å². The standard InChI is InChI=1S/C17H20N4O/c1-12(2)17-19-16(7-6-15-5-4-10-22-15)21(20-17)14-8-9-18-13(3)11-14/h4-5,8-12H,6-7H2,1-3H3. The van der Waals surface area contributed by atoms with E-state index in [2.05, 4.69) is 23.9 Å². The molecule has 0 spiro atoms. The van der Waals surface area contributed by atoms with Crippen LogP contribution >= 0.6 is 0 Å². The summed E-state index contributed by atoms with van der Waals surface area (Å²) < 4.78 is 7.33. The van der Waals surface area contributed by atoms with Crippen LogP contribution in [0.25, 0.3) is 5.69 Å². The van der Waals surface area contributed by atoms with Crippen LogP contribution in [-0.2, 0) is 12.8 Å². The second-order valence-corrected chi connectivity index (χ2v) is 5.69. The first kappa shape index (κ1) is 14.5. The molecule has 0 fully saturated rings. The summed E-state index contributed by atoms with van der Waals surface area (Å²) in [5.74, 6) is 3.08. The minimum absolute atomic E-state index is 0.298. The molecule has 0 radical (unpaired) electrons. The minimum atomic E-state index is 0.298. The molecule has 22 heavy (non-hydrogen) atoms. The predicted molar refractivity (Wildman–Crippen MR) is 84.1 cm³/mol. The molecule has 0 N–H and O–H groups in total. The second kappa shape index (κ2) is 6.13. The number of aromatic nitrogens is 4. The van der Waals surface area contributed by atoms with E-state index in [1.165, 1.54) is 0 Å². The number of nitrogens with zero attached hydrogens (tertiary/aromatic N) is 4. The van der Waals surface area contributed by atoms with E-state index in [-0.39, 0.29) is 0 Å². The van der Waals surface area contributed by atoms with Gasteiger partial charge in [-0.15, -0.1) is 0 Å². The first-order chi connectivity index (χ1) is 10.6. The van der Waals surface area contributed by atoms with Crippen molar-refractivity contribution in [2.75, 3.05) is 0 Å². The number of pyridine rings is 1. The molecular weight excluding hydrogens is 276 g/mol. The molecule has 114 valence electrons. The molecule has 5 nitrogen and oxygen atoms in total. The van der Waals surface area contributed by atoms with Crippen molar-refractivity contribution in [1.29, 1.82) is 0 Å². The Balaban J connectivity index is 1.93. The Kier molecular flexibility index (Phi) is 4.04. The van der Waals surface area contributed by atoms with Crippen molar-refractivity contribution in [2.45, 2.75) is 39.5 Å². The summed E-state index contributed by atoms with van der Waals surface area (Å²) in [7, 11) is 0. The maximum atomic E-state index is 5.41. The lowest BCUT2D eigenvalue weighted by Gasteiger charge is -2.05. The third-order valence-electron chi connectivity index (χ3n) is 3.51. The highest BCUT2D eigenvalue weighted by molar-refractivity contribution is 5.32. The molecule has 0 bridgehead atoms. The number of aryl methyl sites for hydroxylation is 3. The lowest BCUT2D eigenvalue weighted by molar-refractivity contribution is 0.505. The van der Waals surface area contributed by atoms with Gasteiger partial charge in [0.1, 0.15) is 11.6 Å². The van der Waals surface area contributed by atoms with Gasteiger partial charge in [0.15, 0.2) is 5.82 Å². The zero-order chi connectivity index (χ0) is 15.5. The number of hydrogen-bond donors (Lipinski definition) is 0. The Labute approximate surface area is 130 Å². The highest BCUT2D eigenvalue weighted by Gasteiger charge is 2.14. The van der Waals surface area contributed by atoms with Crippen LogP contribution in [0.15, 0.2) is 41.1 Å². The largest absolute Gasteiger partial charge is 0.469 e. The summed E-state index contributed by atoms with van der Waals surface area (Å²) in [6.45, 7) is 6.19. The van der Waals surface area contributed by atoms with E-state index in [1.54, 1.807) is 12.5 Å². The van der Waals surface area contributed by atoms with Crippen molar-refractivity contribution < 1.29 is 4.42 Å².